The summed E-state index contributed by atoms with van der Waals surface area (Å²) < 4.78 is 47.9. The molecule has 0 atom stereocenters. The third-order valence-corrected chi connectivity index (χ3v) is 3.80. The summed E-state index contributed by atoms with van der Waals surface area (Å²) in [5.74, 6) is 0.0287. The van der Waals surface area contributed by atoms with E-state index in [1.807, 2.05) is 0 Å². The molecule has 1 saturated heterocycles. The SMILES string of the molecule is O=[N+]([O-])c1ccc(Oc2ccc(C(F)(F)F)cn2)cc1NCC1(O)COC1. The lowest BCUT2D eigenvalue weighted by atomic mass is 10.0. The summed E-state index contributed by atoms with van der Waals surface area (Å²) in [4.78, 5) is 14.1. The van der Waals surface area contributed by atoms with Crippen LogP contribution < -0.4 is 10.1 Å². The van der Waals surface area contributed by atoms with Crippen molar-refractivity contribution in [3.8, 4) is 11.6 Å². The molecule has 0 amide bonds. The molecule has 2 aromatic rings. The minimum atomic E-state index is -4.51. The number of ether oxygens (including phenoxy) is 2. The summed E-state index contributed by atoms with van der Waals surface area (Å²) in [7, 11) is 0. The van der Waals surface area contributed by atoms with E-state index in [4.69, 9.17) is 9.47 Å². The summed E-state index contributed by atoms with van der Waals surface area (Å²) in [5, 5.41) is 23.9. The van der Waals surface area contributed by atoms with E-state index in [-0.39, 0.29) is 42.8 Å². The number of nitrogens with zero attached hydrogens (tertiary/aromatic N) is 2. The maximum Gasteiger partial charge on any atom is 0.417 e. The number of benzene rings is 1. The second-order valence-electron chi connectivity index (χ2n) is 5.99. The van der Waals surface area contributed by atoms with Crippen LogP contribution in [0.5, 0.6) is 11.6 Å². The number of nitrogens with one attached hydrogen (secondary N) is 1. The molecule has 1 aromatic carbocycles. The van der Waals surface area contributed by atoms with Gasteiger partial charge in [0.05, 0.1) is 23.7 Å². The summed E-state index contributed by atoms with van der Waals surface area (Å²) in [6.45, 7) is 0.245. The standard InChI is InChI=1S/C16H14F3N3O5/c17-16(18,19)10-1-4-14(20-6-10)27-11-2-3-13(22(24)25)12(5-11)21-7-15(23)8-26-9-15/h1-6,21,23H,7-9H2. The van der Waals surface area contributed by atoms with E-state index in [0.29, 0.717) is 6.20 Å². The van der Waals surface area contributed by atoms with Crippen molar-refractivity contribution in [2.24, 2.45) is 0 Å². The second-order valence-corrected chi connectivity index (χ2v) is 5.99. The minimum absolute atomic E-state index is 0.0236. The van der Waals surface area contributed by atoms with Crippen LogP contribution in [0.25, 0.3) is 0 Å². The van der Waals surface area contributed by atoms with Gasteiger partial charge in [-0.25, -0.2) is 4.98 Å². The molecule has 27 heavy (non-hydrogen) atoms. The number of aliphatic hydroxyl groups is 1. The van der Waals surface area contributed by atoms with E-state index in [9.17, 15) is 28.4 Å². The molecule has 1 aliphatic rings. The number of hydrogen-bond donors (Lipinski definition) is 2. The first-order valence-electron chi connectivity index (χ1n) is 7.70. The summed E-state index contributed by atoms with van der Waals surface area (Å²) in [6.07, 6.45) is -3.88. The lowest BCUT2D eigenvalue weighted by Gasteiger charge is -2.36. The molecule has 2 heterocycles. The first-order chi connectivity index (χ1) is 12.7. The molecule has 0 saturated carbocycles. The predicted molar refractivity (Wildman–Crippen MR) is 86.7 cm³/mol. The van der Waals surface area contributed by atoms with Gasteiger partial charge in [-0.1, -0.05) is 0 Å². The highest BCUT2D eigenvalue weighted by atomic mass is 19.4. The maximum absolute atomic E-state index is 12.6. The number of anilines is 1. The van der Waals surface area contributed by atoms with Crippen molar-refractivity contribution < 1.29 is 32.7 Å². The van der Waals surface area contributed by atoms with Crippen LogP contribution in [0, 0.1) is 10.1 Å². The molecule has 0 unspecified atom stereocenters. The highest BCUT2D eigenvalue weighted by molar-refractivity contribution is 5.64. The molecule has 0 aliphatic carbocycles. The quantitative estimate of drug-likeness (QED) is 0.581. The molecule has 8 nitrogen and oxygen atoms in total. The monoisotopic (exact) mass is 385 g/mol. The van der Waals surface area contributed by atoms with Crippen LogP contribution >= 0.6 is 0 Å². The van der Waals surface area contributed by atoms with E-state index >= 15 is 0 Å². The highest BCUT2D eigenvalue weighted by Crippen LogP contribution is 2.33. The lowest BCUT2D eigenvalue weighted by molar-refractivity contribution is -0.384. The number of aromatic nitrogens is 1. The molecule has 0 bridgehead atoms. The topological polar surface area (TPSA) is 107 Å². The second kappa shape index (κ2) is 7.00. The number of pyridine rings is 1. The van der Waals surface area contributed by atoms with Crippen LogP contribution in [0.1, 0.15) is 5.56 Å². The predicted octanol–water partition coefficient (Wildman–Crippen LogP) is 2.97. The molecule has 2 N–H and O–H groups in total. The minimum Gasteiger partial charge on any atom is -0.439 e. The van der Waals surface area contributed by atoms with Gasteiger partial charge in [0.25, 0.3) is 5.69 Å². The Bertz CT molecular complexity index is 838. The van der Waals surface area contributed by atoms with Crippen molar-refractivity contribution in [1.82, 2.24) is 4.98 Å². The maximum atomic E-state index is 12.6. The number of rotatable bonds is 6. The van der Waals surface area contributed by atoms with Gasteiger partial charge in [0.1, 0.15) is 17.0 Å². The number of nitro groups is 1. The Labute approximate surface area is 150 Å². The van der Waals surface area contributed by atoms with Crippen molar-refractivity contribution in [3.63, 3.8) is 0 Å². The van der Waals surface area contributed by atoms with Crippen molar-refractivity contribution in [2.45, 2.75) is 11.8 Å². The molecule has 3 rings (SSSR count). The fourth-order valence-electron chi connectivity index (χ4n) is 2.31. The van der Waals surface area contributed by atoms with Crippen molar-refractivity contribution in [3.05, 3.63) is 52.2 Å². The van der Waals surface area contributed by atoms with Crippen LogP contribution in [-0.2, 0) is 10.9 Å². The molecule has 0 spiro atoms. The Morgan fingerprint density at radius 1 is 1.33 bits per heavy atom. The average molecular weight is 385 g/mol. The summed E-state index contributed by atoms with van der Waals surface area (Å²) in [5.41, 5.74) is -2.19. The van der Waals surface area contributed by atoms with E-state index in [0.717, 1.165) is 12.1 Å². The van der Waals surface area contributed by atoms with Gasteiger partial charge < -0.3 is 19.9 Å². The molecular weight excluding hydrogens is 371 g/mol. The molecule has 144 valence electrons. The zero-order valence-corrected chi connectivity index (χ0v) is 13.7. The molecule has 1 aliphatic heterocycles. The summed E-state index contributed by atoms with van der Waals surface area (Å²) in [6, 6.07) is 5.65. The lowest BCUT2D eigenvalue weighted by Crippen LogP contribution is -2.54. The average Bonchev–Trinajstić information content (AvgIpc) is 2.58. The van der Waals surface area contributed by atoms with Gasteiger partial charge in [-0.05, 0) is 12.1 Å². The largest absolute Gasteiger partial charge is 0.439 e. The molecular formula is C16H14F3N3O5. The zero-order valence-electron chi connectivity index (χ0n) is 13.7. The highest BCUT2D eigenvalue weighted by Gasteiger charge is 2.36. The fraction of sp³-hybridized carbons (Fsp3) is 0.312. The Morgan fingerprint density at radius 2 is 2.07 bits per heavy atom. The summed E-state index contributed by atoms with van der Waals surface area (Å²) >= 11 is 0. The third kappa shape index (κ3) is 4.44. The Hall–Kier alpha value is -2.92. The number of hydrogen-bond acceptors (Lipinski definition) is 7. The van der Waals surface area contributed by atoms with Gasteiger partial charge in [0.15, 0.2) is 0 Å². The normalized spacial score (nSPS) is 15.7. The van der Waals surface area contributed by atoms with Gasteiger partial charge >= 0.3 is 6.18 Å². The third-order valence-electron chi connectivity index (χ3n) is 3.80. The van der Waals surface area contributed by atoms with Crippen LogP contribution in [0.3, 0.4) is 0 Å². The molecule has 1 aromatic heterocycles. The van der Waals surface area contributed by atoms with Gasteiger partial charge in [0, 0.05) is 30.9 Å². The van der Waals surface area contributed by atoms with Crippen LogP contribution in [0.2, 0.25) is 0 Å². The van der Waals surface area contributed by atoms with Crippen LogP contribution in [-0.4, -0.2) is 40.4 Å². The van der Waals surface area contributed by atoms with E-state index in [1.165, 1.54) is 18.2 Å². The molecule has 1 fully saturated rings. The fourth-order valence-corrected chi connectivity index (χ4v) is 2.31. The van der Waals surface area contributed by atoms with Crippen LogP contribution in [0.15, 0.2) is 36.5 Å². The number of alkyl halides is 3. The van der Waals surface area contributed by atoms with E-state index in [2.05, 4.69) is 10.3 Å². The molecule has 11 heteroatoms. The van der Waals surface area contributed by atoms with Crippen molar-refractivity contribution >= 4 is 11.4 Å². The zero-order chi connectivity index (χ0) is 19.7. The van der Waals surface area contributed by atoms with Crippen molar-refractivity contribution in [2.75, 3.05) is 25.1 Å². The Morgan fingerprint density at radius 3 is 2.59 bits per heavy atom. The van der Waals surface area contributed by atoms with Gasteiger partial charge in [0.2, 0.25) is 5.88 Å². The Balaban J connectivity index is 1.77. The van der Waals surface area contributed by atoms with Crippen molar-refractivity contribution in [1.29, 1.82) is 0 Å². The van der Waals surface area contributed by atoms with Crippen LogP contribution in [0.4, 0.5) is 24.5 Å². The van der Waals surface area contributed by atoms with E-state index < -0.39 is 22.3 Å². The van der Waals surface area contributed by atoms with Gasteiger partial charge in [-0.15, -0.1) is 0 Å². The van der Waals surface area contributed by atoms with Gasteiger partial charge in [-0.3, -0.25) is 10.1 Å². The smallest absolute Gasteiger partial charge is 0.417 e. The van der Waals surface area contributed by atoms with Gasteiger partial charge in [-0.2, -0.15) is 13.2 Å². The Kier molecular flexibility index (Phi) is 4.89. The molecule has 0 radical (unpaired) electrons. The number of nitro benzene ring substituents is 1. The first-order valence-corrected chi connectivity index (χ1v) is 7.70. The van der Waals surface area contributed by atoms with E-state index in [1.54, 1.807) is 0 Å². The number of halogens is 3. The first kappa shape index (κ1) is 18.9.